The van der Waals surface area contributed by atoms with Crippen LogP contribution in [0.3, 0.4) is 0 Å². The Bertz CT molecular complexity index is 1530. The monoisotopic (exact) mass is 578 g/mol. The Morgan fingerprint density at radius 1 is 1.00 bits per heavy atom. The molecular weight excluding hydrogens is 551 g/mol. The number of carbonyl (C=O) groups is 2. The van der Waals surface area contributed by atoms with Gasteiger partial charge in [0.05, 0.1) is 17.0 Å². The molecule has 0 bridgehead atoms. The quantitative estimate of drug-likeness (QED) is 0.275. The second kappa shape index (κ2) is 15.5. The van der Waals surface area contributed by atoms with Crippen molar-refractivity contribution in [3.63, 3.8) is 0 Å². The molecule has 6 nitrogen and oxygen atoms in total. The number of pyridine rings is 1. The standard InChI is InChI=1S/C32H29ClN2O4S.Li/c1-21-7-3-4-8-24(21)26-19-22(13-15-25(26)31(36)35-28(32(37)38)17-18-40-2)11-12-23-14-16-30(34-20-23)39-29-10-6-5-9-27(29)33;/h3-16,19-20,28H,17-18H2,1-2H3,(H,35,36)(H,37,38);/q;+1/p-1/b12-11+;. The summed E-state index contributed by atoms with van der Waals surface area (Å²) in [5, 5.41) is 14.8. The van der Waals surface area contributed by atoms with Gasteiger partial charge in [-0.3, -0.25) is 4.79 Å². The van der Waals surface area contributed by atoms with E-state index in [0.717, 1.165) is 22.3 Å². The van der Waals surface area contributed by atoms with Crippen molar-refractivity contribution in [2.24, 2.45) is 0 Å². The van der Waals surface area contributed by atoms with Crippen molar-refractivity contribution < 1.29 is 38.3 Å². The molecule has 3 aromatic carbocycles. The summed E-state index contributed by atoms with van der Waals surface area (Å²) in [5.74, 6) is -0.202. The molecule has 9 heteroatoms. The number of hydrogen-bond acceptors (Lipinski definition) is 6. The molecule has 1 unspecified atom stereocenters. The fourth-order valence-corrected chi connectivity index (χ4v) is 4.71. The average Bonchev–Trinajstić information content (AvgIpc) is 2.96. The molecule has 0 radical (unpaired) electrons. The van der Waals surface area contributed by atoms with Gasteiger partial charge < -0.3 is 20.0 Å². The number of thioether (sulfide) groups is 1. The molecule has 0 aliphatic carbocycles. The van der Waals surface area contributed by atoms with Crippen LogP contribution >= 0.6 is 23.4 Å². The van der Waals surface area contributed by atoms with E-state index in [1.54, 1.807) is 30.5 Å². The van der Waals surface area contributed by atoms with Crippen molar-refractivity contribution in [1.29, 1.82) is 0 Å². The molecule has 4 rings (SSSR count). The van der Waals surface area contributed by atoms with Gasteiger partial charge in [-0.05, 0) is 83.5 Å². The van der Waals surface area contributed by atoms with Crippen LogP contribution in [-0.2, 0) is 4.79 Å². The molecule has 1 aromatic heterocycles. The third-order valence-electron chi connectivity index (χ3n) is 6.20. The van der Waals surface area contributed by atoms with Crippen molar-refractivity contribution in [1.82, 2.24) is 10.3 Å². The number of halogens is 1. The zero-order chi connectivity index (χ0) is 28.5. The van der Waals surface area contributed by atoms with Crippen LogP contribution in [0.15, 0.2) is 85.1 Å². The number of amides is 1. The number of carboxylic acids is 1. The normalized spacial score (nSPS) is 11.5. The fourth-order valence-electron chi connectivity index (χ4n) is 4.07. The second-order valence-electron chi connectivity index (χ2n) is 9.04. The first-order chi connectivity index (χ1) is 19.4. The number of benzene rings is 3. The van der Waals surface area contributed by atoms with Gasteiger partial charge in [0.2, 0.25) is 5.88 Å². The Hall–Kier alpha value is -3.47. The van der Waals surface area contributed by atoms with E-state index >= 15 is 0 Å². The van der Waals surface area contributed by atoms with Crippen LogP contribution in [0.2, 0.25) is 5.02 Å². The molecule has 204 valence electrons. The Labute approximate surface area is 261 Å². The molecule has 0 spiro atoms. The van der Waals surface area contributed by atoms with Crippen LogP contribution < -0.4 is 34.0 Å². The number of para-hydroxylation sites is 1. The van der Waals surface area contributed by atoms with Crippen molar-refractivity contribution in [3.8, 4) is 22.8 Å². The Morgan fingerprint density at radius 3 is 2.39 bits per heavy atom. The van der Waals surface area contributed by atoms with Crippen molar-refractivity contribution in [2.45, 2.75) is 19.4 Å². The van der Waals surface area contributed by atoms with E-state index in [2.05, 4.69) is 10.3 Å². The van der Waals surface area contributed by atoms with E-state index in [4.69, 9.17) is 16.3 Å². The van der Waals surface area contributed by atoms with E-state index in [1.165, 1.54) is 11.8 Å². The maximum atomic E-state index is 13.2. The number of nitrogens with one attached hydrogen (secondary N) is 1. The maximum absolute atomic E-state index is 13.2. The van der Waals surface area contributed by atoms with Gasteiger partial charge >= 0.3 is 18.9 Å². The summed E-state index contributed by atoms with van der Waals surface area (Å²) in [6.45, 7) is 1.97. The Kier molecular flexibility index (Phi) is 12.1. The third-order valence-corrected chi connectivity index (χ3v) is 7.16. The number of rotatable bonds is 11. The predicted molar refractivity (Wildman–Crippen MR) is 161 cm³/mol. The number of ether oxygens (including phenoxy) is 1. The van der Waals surface area contributed by atoms with Crippen molar-refractivity contribution in [3.05, 3.63) is 112 Å². The summed E-state index contributed by atoms with van der Waals surface area (Å²) < 4.78 is 5.76. The molecule has 1 heterocycles. The second-order valence-corrected chi connectivity index (χ2v) is 10.4. The van der Waals surface area contributed by atoms with Crippen LogP contribution in [0.4, 0.5) is 0 Å². The van der Waals surface area contributed by atoms with Gasteiger partial charge in [-0.15, -0.1) is 0 Å². The van der Waals surface area contributed by atoms with Gasteiger partial charge in [0.1, 0.15) is 5.75 Å². The summed E-state index contributed by atoms with van der Waals surface area (Å²) in [5.41, 5.74) is 4.71. The molecule has 0 fully saturated rings. The summed E-state index contributed by atoms with van der Waals surface area (Å²) in [6.07, 6.45) is 7.71. The number of hydrogen-bond donors (Lipinski definition) is 1. The van der Waals surface area contributed by atoms with Crippen molar-refractivity contribution >= 4 is 47.4 Å². The number of carbonyl (C=O) groups excluding carboxylic acids is 2. The Balaban J connectivity index is 0.00000462. The minimum absolute atomic E-state index is 0. The first-order valence-corrected chi connectivity index (χ1v) is 14.4. The molecule has 1 amide bonds. The molecular formula is C32H28ClLiN2O4S. The fraction of sp³-hybridized carbons (Fsp3) is 0.156. The molecule has 0 saturated carbocycles. The number of aromatic nitrogens is 1. The molecule has 1 N–H and O–H groups in total. The first-order valence-electron chi connectivity index (χ1n) is 12.6. The van der Waals surface area contributed by atoms with Gasteiger partial charge in [0.25, 0.3) is 5.91 Å². The number of aliphatic carboxylic acids is 1. The van der Waals surface area contributed by atoms with E-state index in [9.17, 15) is 14.7 Å². The zero-order valence-electron chi connectivity index (χ0n) is 23.1. The van der Waals surface area contributed by atoms with E-state index in [-0.39, 0.29) is 25.3 Å². The molecule has 0 aliphatic heterocycles. The van der Waals surface area contributed by atoms with Crippen LogP contribution in [0, 0.1) is 6.92 Å². The van der Waals surface area contributed by atoms with E-state index < -0.39 is 17.9 Å². The zero-order valence-corrected chi connectivity index (χ0v) is 24.7. The number of nitrogens with zero attached hydrogens (tertiary/aromatic N) is 1. The SMILES string of the molecule is CSCCC(NC(=O)c1ccc(/C=C/c2ccc(Oc3ccccc3Cl)nc2)cc1-c1ccccc1C)C(=O)[O-].[Li+]. The van der Waals surface area contributed by atoms with Gasteiger partial charge in [-0.1, -0.05) is 66.2 Å². The van der Waals surface area contributed by atoms with Crippen molar-refractivity contribution in [2.75, 3.05) is 12.0 Å². The van der Waals surface area contributed by atoms with Crippen LogP contribution in [0.25, 0.3) is 23.3 Å². The summed E-state index contributed by atoms with van der Waals surface area (Å²) >= 11 is 7.67. The minimum Gasteiger partial charge on any atom is -0.548 e. The van der Waals surface area contributed by atoms with E-state index in [0.29, 0.717) is 33.5 Å². The van der Waals surface area contributed by atoms with Crippen LogP contribution in [-0.4, -0.2) is 34.9 Å². The van der Waals surface area contributed by atoms with Gasteiger partial charge in [0.15, 0.2) is 0 Å². The van der Waals surface area contributed by atoms with Crippen LogP contribution in [0.5, 0.6) is 11.6 Å². The molecule has 0 saturated heterocycles. The molecule has 1 atom stereocenters. The first kappa shape index (κ1) is 32.0. The summed E-state index contributed by atoms with van der Waals surface area (Å²) in [4.78, 5) is 29.2. The average molecular weight is 579 g/mol. The van der Waals surface area contributed by atoms with Gasteiger partial charge in [-0.2, -0.15) is 11.8 Å². The molecule has 4 aromatic rings. The maximum Gasteiger partial charge on any atom is 1.00 e. The minimum atomic E-state index is -1.30. The number of carboxylic acid groups (broad SMARTS) is 1. The summed E-state index contributed by atoms with van der Waals surface area (Å²) in [6, 6.07) is 23.0. The van der Waals surface area contributed by atoms with Crippen LogP contribution in [0.1, 0.15) is 33.5 Å². The smallest absolute Gasteiger partial charge is 0.548 e. The molecule has 0 aliphatic rings. The number of aryl methyl sites for hydroxylation is 1. The van der Waals surface area contributed by atoms with Gasteiger partial charge in [0, 0.05) is 17.8 Å². The predicted octanol–water partition coefficient (Wildman–Crippen LogP) is 3.28. The summed E-state index contributed by atoms with van der Waals surface area (Å²) in [7, 11) is 0. The topological polar surface area (TPSA) is 91.3 Å². The molecule has 41 heavy (non-hydrogen) atoms. The largest absolute Gasteiger partial charge is 1.00 e. The Morgan fingerprint density at radius 2 is 1.71 bits per heavy atom. The van der Waals surface area contributed by atoms with E-state index in [1.807, 2.05) is 79.9 Å². The van der Waals surface area contributed by atoms with Gasteiger partial charge in [-0.25, -0.2) is 4.98 Å². The third kappa shape index (κ3) is 8.75.